The summed E-state index contributed by atoms with van der Waals surface area (Å²) in [5.41, 5.74) is 0.908. The number of carbonyl (C=O) groups is 3. The Bertz CT molecular complexity index is 541. The number of ketones is 1. The summed E-state index contributed by atoms with van der Waals surface area (Å²) < 4.78 is 4.99. The molecule has 0 atom stereocenters. The van der Waals surface area contributed by atoms with Crippen molar-refractivity contribution in [2.75, 3.05) is 11.9 Å². The molecule has 0 aromatic heterocycles. The van der Waals surface area contributed by atoms with Crippen LogP contribution in [0.5, 0.6) is 0 Å². The first-order chi connectivity index (χ1) is 10.2. The summed E-state index contributed by atoms with van der Waals surface area (Å²) in [4.78, 5) is 34.8. The summed E-state index contributed by atoms with van der Waals surface area (Å²) in [6, 6.07) is 6.51. The van der Waals surface area contributed by atoms with Crippen LogP contribution in [0.4, 0.5) is 5.69 Å². The number of amides is 1. The van der Waals surface area contributed by atoms with Crippen LogP contribution in [0.15, 0.2) is 24.3 Å². The molecule has 1 aromatic carbocycles. The second kappa shape index (κ2) is 7.73. The Labute approximate surface area is 131 Å². The standard InChI is InChI=1S/C17H23NO4/c1-5-15(20)18-13-8-6-12(7-9-13)14(19)11-22-16(21)10-17(2,3)4/h6-9H,5,10-11H2,1-4H3,(H,18,20). The summed E-state index contributed by atoms with van der Waals surface area (Å²) in [7, 11) is 0. The summed E-state index contributed by atoms with van der Waals surface area (Å²) in [6.45, 7) is 7.28. The molecule has 0 spiro atoms. The fraction of sp³-hybridized carbons (Fsp3) is 0.471. The Morgan fingerprint density at radius 2 is 1.68 bits per heavy atom. The van der Waals surface area contributed by atoms with Crippen LogP contribution in [0.2, 0.25) is 0 Å². The van der Waals surface area contributed by atoms with E-state index in [1.54, 1.807) is 31.2 Å². The lowest BCUT2D eigenvalue weighted by atomic mass is 9.92. The van der Waals surface area contributed by atoms with Gasteiger partial charge in [-0.2, -0.15) is 0 Å². The van der Waals surface area contributed by atoms with E-state index in [9.17, 15) is 14.4 Å². The third kappa shape index (κ3) is 6.52. The molecule has 5 nitrogen and oxygen atoms in total. The molecule has 0 fully saturated rings. The van der Waals surface area contributed by atoms with E-state index in [1.807, 2.05) is 20.8 Å². The van der Waals surface area contributed by atoms with Gasteiger partial charge in [-0.3, -0.25) is 14.4 Å². The SMILES string of the molecule is CCC(=O)Nc1ccc(C(=O)COC(=O)CC(C)(C)C)cc1. The lowest BCUT2D eigenvalue weighted by Gasteiger charge is -2.16. The van der Waals surface area contributed by atoms with Gasteiger partial charge in [-0.05, 0) is 29.7 Å². The van der Waals surface area contributed by atoms with Crippen LogP contribution < -0.4 is 5.32 Å². The summed E-state index contributed by atoms with van der Waals surface area (Å²) in [6.07, 6.45) is 0.659. The van der Waals surface area contributed by atoms with Crippen molar-refractivity contribution in [3.05, 3.63) is 29.8 Å². The quantitative estimate of drug-likeness (QED) is 0.647. The first-order valence-electron chi connectivity index (χ1n) is 7.30. The predicted octanol–water partition coefficient (Wildman–Crippen LogP) is 3.20. The van der Waals surface area contributed by atoms with Gasteiger partial charge in [0.05, 0.1) is 6.42 Å². The number of esters is 1. The average Bonchev–Trinajstić information content (AvgIpc) is 2.43. The first-order valence-corrected chi connectivity index (χ1v) is 7.30. The summed E-state index contributed by atoms with van der Waals surface area (Å²) in [5, 5.41) is 2.70. The van der Waals surface area contributed by atoms with E-state index in [0.29, 0.717) is 17.7 Å². The highest BCUT2D eigenvalue weighted by molar-refractivity contribution is 5.98. The molecule has 0 aliphatic carbocycles. The number of hydrogen-bond acceptors (Lipinski definition) is 4. The van der Waals surface area contributed by atoms with Crippen molar-refractivity contribution in [2.45, 2.75) is 40.5 Å². The second-order valence-corrected chi connectivity index (χ2v) is 6.30. The number of Topliss-reactive ketones (excluding diaryl/α,β-unsaturated/α-hetero) is 1. The van der Waals surface area contributed by atoms with Gasteiger partial charge in [0.1, 0.15) is 0 Å². The van der Waals surface area contributed by atoms with E-state index in [1.165, 1.54) is 0 Å². The molecule has 0 bridgehead atoms. The molecule has 1 rings (SSSR count). The maximum Gasteiger partial charge on any atom is 0.306 e. The van der Waals surface area contributed by atoms with E-state index in [0.717, 1.165) is 0 Å². The minimum atomic E-state index is -0.382. The van der Waals surface area contributed by atoms with Crippen molar-refractivity contribution in [3.8, 4) is 0 Å². The zero-order valence-corrected chi connectivity index (χ0v) is 13.6. The van der Waals surface area contributed by atoms with Gasteiger partial charge in [0.15, 0.2) is 12.4 Å². The monoisotopic (exact) mass is 305 g/mol. The fourth-order valence-electron chi connectivity index (χ4n) is 1.70. The second-order valence-electron chi connectivity index (χ2n) is 6.30. The largest absolute Gasteiger partial charge is 0.457 e. The number of nitrogens with one attached hydrogen (secondary N) is 1. The number of ether oxygens (including phenoxy) is 1. The summed E-state index contributed by atoms with van der Waals surface area (Å²) in [5.74, 6) is -0.738. The van der Waals surface area contributed by atoms with Gasteiger partial charge < -0.3 is 10.1 Å². The van der Waals surface area contributed by atoms with E-state index in [4.69, 9.17) is 4.74 Å². The van der Waals surface area contributed by atoms with Crippen molar-refractivity contribution in [2.24, 2.45) is 5.41 Å². The highest BCUT2D eigenvalue weighted by Gasteiger charge is 2.18. The maximum absolute atomic E-state index is 11.9. The van der Waals surface area contributed by atoms with Crippen LogP contribution in [-0.4, -0.2) is 24.3 Å². The molecule has 0 radical (unpaired) electrons. The molecule has 5 heteroatoms. The van der Waals surface area contributed by atoms with Gasteiger partial charge in [-0.25, -0.2) is 0 Å². The molecule has 0 aliphatic rings. The summed E-state index contributed by atoms with van der Waals surface area (Å²) >= 11 is 0. The maximum atomic E-state index is 11.9. The highest BCUT2D eigenvalue weighted by Crippen LogP contribution is 2.19. The van der Waals surface area contributed by atoms with E-state index in [2.05, 4.69) is 5.32 Å². The Morgan fingerprint density at radius 3 is 2.18 bits per heavy atom. The van der Waals surface area contributed by atoms with Gasteiger partial charge >= 0.3 is 5.97 Å². The molecule has 1 amide bonds. The van der Waals surface area contributed by atoms with Crippen LogP contribution in [0, 0.1) is 5.41 Å². The molecular weight excluding hydrogens is 282 g/mol. The molecule has 1 N–H and O–H groups in total. The zero-order chi connectivity index (χ0) is 16.8. The minimum absolute atomic E-state index is 0.0878. The van der Waals surface area contributed by atoms with E-state index < -0.39 is 0 Å². The third-order valence-corrected chi connectivity index (χ3v) is 2.85. The lowest BCUT2D eigenvalue weighted by Crippen LogP contribution is -2.19. The van der Waals surface area contributed by atoms with Crippen molar-refractivity contribution in [1.29, 1.82) is 0 Å². The molecule has 0 saturated heterocycles. The van der Waals surface area contributed by atoms with Crippen LogP contribution in [0.25, 0.3) is 0 Å². The molecule has 1 aromatic rings. The Morgan fingerprint density at radius 1 is 1.09 bits per heavy atom. The van der Waals surface area contributed by atoms with E-state index in [-0.39, 0.29) is 36.1 Å². The van der Waals surface area contributed by atoms with Gasteiger partial charge in [-0.15, -0.1) is 0 Å². The van der Waals surface area contributed by atoms with E-state index >= 15 is 0 Å². The molecule has 120 valence electrons. The Hall–Kier alpha value is -2.17. The molecule has 22 heavy (non-hydrogen) atoms. The van der Waals surface area contributed by atoms with Crippen LogP contribution >= 0.6 is 0 Å². The van der Waals surface area contributed by atoms with Crippen molar-refractivity contribution < 1.29 is 19.1 Å². The highest BCUT2D eigenvalue weighted by atomic mass is 16.5. The van der Waals surface area contributed by atoms with Crippen LogP contribution in [0.3, 0.4) is 0 Å². The number of hydrogen-bond donors (Lipinski definition) is 1. The minimum Gasteiger partial charge on any atom is -0.457 e. The van der Waals surface area contributed by atoms with Gasteiger partial charge in [0.2, 0.25) is 5.91 Å². The zero-order valence-electron chi connectivity index (χ0n) is 13.6. The van der Waals surface area contributed by atoms with Gasteiger partial charge in [0, 0.05) is 17.7 Å². The molecular formula is C17H23NO4. The smallest absolute Gasteiger partial charge is 0.306 e. The molecule has 0 unspecified atom stereocenters. The Balaban J connectivity index is 2.52. The topological polar surface area (TPSA) is 72.5 Å². The van der Waals surface area contributed by atoms with Crippen molar-refractivity contribution >= 4 is 23.3 Å². The normalized spacial score (nSPS) is 10.9. The fourth-order valence-corrected chi connectivity index (χ4v) is 1.70. The number of benzene rings is 1. The predicted molar refractivity (Wildman–Crippen MR) is 84.7 cm³/mol. The molecule has 0 saturated carbocycles. The van der Waals surface area contributed by atoms with Gasteiger partial charge in [0.25, 0.3) is 0 Å². The number of rotatable bonds is 6. The molecule has 0 aliphatic heterocycles. The number of anilines is 1. The Kier molecular flexibility index (Phi) is 6.28. The van der Waals surface area contributed by atoms with Gasteiger partial charge in [-0.1, -0.05) is 27.7 Å². The third-order valence-electron chi connectivity index (χ3n) is 2.85. The average molecular weight is 305 g/mol. The van der Waals surface area contributed by atoms with Crippen molar-refractivity contribution in [3.63, 3.8) is 0 Å². The van der Waals surface area contributed by atoms with Crippen LogP contribution in [0.1, 0.15) is 50.9 Å². The lowest BCUT2D eigenvalue weighted by molar-refractivity contribution is -0.144. The van der Waals surface area contributed by atoms with Crippen molar-refractivity contribution in [1.82, 2.24) is 0 Å². The molecule has 0 heterocycles. The number of carbonyl (C=O) groups excluding carboxylic acids is 3. The van der Waals surface area contributed by atoms with Crippen LogP contribution in [-0.2, 0) is 14.3 Å². The first kappa shape index (κ1) is 17.9.